The van der Waals surface area contributed by atoms with Crippen LogP contribution >= 0.6 is 7.94 Å². The Labute approximate surface area is 75.0 Å². The van der Waals surface area contributed by atoms with Gasteiger partial charge in [-0.2, -0.15) is 14.7 Å². The molecule has 0 heterocycles. The Morgan fingerprint density at radius 2 is 1.62 bits per heavy atom. The molecule has 0 spiro atoms. The maximum absolute atomic E-state index is 11.0. The van der Waals surface area contributed by atoms with E-state index >= 15 is 0 Å². The van der Waals surface area contributed by atoms with Crippen LogP contribution in [0.2, 0.25) is 0 Å². The minimum absolute atomic E-state index is 0.0232. The lowest BCUT2D eigenvalue weighted by molar-refractivity contribution is 0.102. The van der Waals surface area contributed by atoms with Gasteiger partial charge in [-0.05, 0) is 24.3 Å². The Kier molecular flexibility index (Phi) is 2.63. The molecule has 13 heavy (non-hydrogen) atoms. The molecule has 0 atom stereocenters. The van der Waals surface area contributed by atoms with Gasteiger partial charge in [-0.25, -0.2) is 4.79 Å². The standard InChI is InChI=1S/C7H8NO4P/c8-6-3-1-5(2-4-6)7(9)13(10,11)12/h1-4,10-12H,(H-,8,9)/p+1. The lowest BCUT2D eigenvalue weighted by atomic mass is 10.2. The number of rotatable bonds is 2. The zero-order chi connectivity index (χ0) is 10.1. The Hall–Kier alpha value is -1.00. The van der Waals surface area contributed by atoms with Gasteiger partial charge >= 0.3 is 13.5 Å². The highest BCUT2D eigenvalue weighted by Crippen LogP contribution is 2.47. The van der Waals surface area contributed by atoms with Crippen molar-refractivity contribution in [2.45, 2.75) is 0 Å². The van der Waals surface area contributed by atoms with Gasteiger partial charge in [0.25, 0.3) is 0 Å². The number of hydrogen-bond donors (Lipinski definition) is 4. The van der Waals surface area contributed by atoms with Crippen LogP contribution in [-0.4, -0.2) is 20.2 Å². The summed E-state index contributed by atoms with van der Waals surface area (Å²) >= 11 is 0. The third-order valence-electron chi connectivity index (χ3n) is 1.43. The van der Waals surface area contributed by atoms with E-state index in [1.165, 1.54) is 24.3 Å². The highest BCUT2D eigenvalue weighted by atomic mass is 31.2. The van der Waals surface area contributed by atoms with Gasteiger partial charge in [0, 0.05) is 5.69 Å². The number of benzene rings is 1. The Morgan fingerprint density at radius 1 is 1.15 bits per heavy atom. The zero-order valence-electron chi connectivity index (χ0n) is 6.58. The van der Waals surface area contributed by atoms with Crippen LogP contribution < -0.4 is 5.73 Å². The number of nitrogen functional groups attached to an aromatic ring is 1. The summed E-state index contributed by atoms with van der Waals surface area (Å²) in [5.74, 6) is 0. The van der Waals surface area contributed by atoms with Gasteiger partial charge < -0.3 is 5.73 Å². The van der Waals surface area contributed by atoms with E-state index in [1.807, 2.05) is 0 Å². The smallest absolute Gasteiger partial charge is 0.399 e. The fourth-order valence-electron chi connectivity index (χ4n) is 0.799. The van der Waals surface area contributed by atoms with Gasteiger partial charge in [0.05, 0.1) is 5.56 Å². The van der Waals surface area contributed by atoms with Gasteiger partial charge in [-0.15, -0.1) is 0 Å². The molecule has 5 nitrogen and oxygen atoms in total. The summed E-state index contributed by atoms with van der Waals surface area (Å²) in [5, 5.41) is 0. The van der Waals surface area contributed by atoms with Gasteiger partial charge in [0.15, 0.2) is 0 Å². The first-order valence-electron chi connectivity index (χ1n) is 3.39. The summed E-state index contributed by atoms with van der Waals surface area (Å²) in [6.07, 6.45) is 0. The molecule has 70 valence electrons. The average molecular weight is 202 g/mol. The minimum Gasteiger partial charge on any atom is -0.399 e. The maximum atomic E-state index is 11.0. The number of carbonyl (C=O) groups is 1. The molecule has 0 amide bonds. The molecule has 0 saturated carbocycles. The zero-order valence-corrected chi connectivity index (χ0v) is 7.48. The monoisotopic (exact) mass is 202 g/mol. The second kappa shape index (κ2) is 3.40. The molecule has 0 bridgehead atoms. The molecular formula is C7H9NO4P+. The van der Waals surface area contributed by atoms with Gasteiger partial charge in [0.1, 0.15) is 0 Å². The molecule has 0 fully saturated rings. The summed E-state index contributed by atoms with van der Waals surface area (Å²) in [6.45, 7) is 0. The third kappa shape index (κ3) is 2.47. The summed E-state index contributed by atoms with van der Waals surface area (Å²) in [6, 6.07) is 5.50. The van der Waals surface area contributed by atoms with Gasteiger partial charge in [0.2, 0.25) is 0 Å². The summed E-state index contributed by atoms with van der Waals surface area (Å²) in [5.41, 5.74) is 4.75. The summed E-state index contributed by atoms with van der Waals surface area (Å²) in [4.78, 5) is 37.0. The Morgan fingerprint density at radius 3 is 2.00 bits per heavy atom. The largest absolute Gasteiger partial charge is 0.483 e. The molecule has 5 N–H and O–H groups in total. The van der Waals surface area contributed by atoms with Crippen molar-refractivity contribution in [2.75, 3.05) is 5.73 Å². The van der Waals surface area contributed by atoms with Crippen molar-refractivity contribution in [1.29, 1.82) is 0 Å². The quantitative estimate of drug-likeness (QED) is 0.403. The van der Waals surface area contributed by atoms with E-state index in [0.717, 1.165) is 0 Å². The van der Waals surface area contributed by atoms with E-state index in [-0.39, 0.29) is 5.56 Å². The molecule has 0 saturated heterocycles. The molecule has 1 aromatic carbocycles. The Bertz CT molecular complexity index is 316. The van der Waals surface area contributed by atoms with Crippen molar-refractivity contribution >= 4 is 19.2 Å². The van der Waals surface area contributed by atoms with Crippen molar-refractivity contribution in [1.82, 2.24) is 0 Å². The number of hydrogen-bond acceptors (Lipinski definition) is 5. The topological polar surface area (TPSA) is 104 Å². The fraction of sp³-hybridized carbons (Fsp3) is 0. The molecule has 0 aliphatic rings. The predicted octanol–water partition coefficient (Wildman–Crippen LogP) is 0.149. The van der Waals surface area contributed by atoms with Crippen LogP contribution in [0.15, 0.2) is 24.3 Å². The van der Waals surface area contributed by atoms with Crippen molar-refractivity contribution in [2.24, 2.45) is 0 Å². The first kappa shape index (κ1) is 10.1. The van der Waals surface area contributed by atoms with Gasteiger partial charge in [-0.1, -0.05) is 0 Å². The molecule has 0 aliphatic heterocycles. The normalized spacial score (nSPS) is 11.3. The highest BCUT2D eigenvalue weighted by molar-refractivity contribution is 7.76. The van der Waals surface area contributed by atoms with E-state index in [0.29, 0.717) is 5.69 Å². The molecule has 0 aliphatic carbocycles. The van der Waals surface area contributed by atoms with Crippen LogP contribution in [0.1, 0.15) is 10.4 Å². The molecule has 1 aromatic rings. The molecule has 1 rings (SSSR count). The average Bonchev–Trinajstić information content (AvgIpc) is 2.03. The minimum atomic E-state index is -4.42. The van der Waals surface area contributed by atoms with Crippen LogP contribution in [0.5, 0.6) is 0 Å². The fourth-order valence-corrected chi connectivity index (χ4v) is 1.29. The molecular weight excluding hydrogens is 193 g/mol. The first-order chi connectivity index (χ1) is 5.91. The van der Waals surface area contributed by atoms with Crippen molar-refractivity contribution in [3.8, 4) is 0 Å². The lowest BCUT2D eigenvalue weighted by Gasteiger charge is -2.01. The van der Waals surface area contributed by atoms with Crippen molar-refractivity contribution in [3.05, 3.63) is 29.8 Å². The SMILES string of the molecule is Nc1ccc(C(=O)[P+](O)(O)O)cc1. The molecule has 0 unspecified atom stereocenters. The van der Waals surface area contributed by atoms with Crippen molar-refractivity contribution < 1.29 is 19.5 Å². The maximum Gasteiger partial charge on any atom is 0.483 e. The van der Waals surface area contributed by atoms with Crippen molar-refractivity contribution in [3.63, 3.8) is 0 Å². The third-order valence-corrected chi connectivity index (χ3v) is 2.23. The predicted molar refractivity (Wildman–Crippen MR) is 48.8 cm³/mol. The summed E-state index contributed by atoms with van der Waals surface area (Å²) < 4.78 is 0. The number of anilines is 1. The van der Waals surface area contributed by atoms with Crippen LogP contribution in [0.25, 0.3) is 0 Å². The van der Waals surface area contributed by atoms with E-state index in [1.54, 1.807) is 0 Å². The number of nitrogens with two attached hydrogens (primary N) is 1. The van der Waals surface area contributed by atoms with E-state index < -0.39 is 13.5 Å². The van der Waals surface area contributed by atoms with E-state index in [4.69, 9.17) is 20.4 Å². The van der Waals surface area contributed by atoms with Gasteiger partial charge in [-0.3, -0.25) is 0 Å². The van der Waals surface area contributed by atoms with Crippen LogP contribution in [-0.2, 0) is 0 Å². The molecule has 0 aromatic heterocycles. The second-order valence-electron chi connectivity index (χ2n) is 2.50. The van der Waals surface area contributed by atoms with Crippen LogP contribution in [0.4, 0.5) is 5.69 Å². The number of carbonyl (C=O) groups excluding carboxylic acids is 1. The first-order valence-corrected chi connectivity index (χ1v) is 5.03. The lowest BCUT2D eigenvalue weighted by Crippen LogP contribution is -2.05. The Balaban J connectivity index is 2.97. The molecule has 0 radical (unpaired) electrons. The van der Waals surface area contributed by atoms with E-state index in [2.05, 4.69) is 0 Å². The second-order valence-corrected chi connectivity index (χ2v) is 4.04. The summed E-state index contributed by atoms with van der Waals surface area (Å²) in [7, 11) is -4.42. The van der Waals surface area contributed by atoms with Crippen LogP contribution in [0.3, 0.4) is 0 Å². The van der Waals surface area contributed by atoms with Crippen LogP contribution in [0, 0.1) is 0 Å². The highest BCUT2D eigenvalue weighted by Gasteiger charge is 2.43. The van der Waals surface area contributed by atoms with E-state index in [9.17, 15) is 4.79 Å². The molecule has 6 heteroatoms.